The average molecular weight is 1070 g/mol. The second kappa shape index (κ2) is 28.4. The first-order valence-electron chi connectivity index (χ1n) is 22.9. The lowest BCUT2D eigenvalue weighted by atomic mass is 9.87. The van der Waals surface area contributed by atoms with E-state index in [0.717, 1.165) is 76.5 Å². The maximum absolute atomic E-state index is 14.5. The third-order valence-electron chi connectivity index (χ3n) is 10.7. The van der Waals surface area contributed by atoms with Crippen molar-refractivity contribution in [1.82, 2.24) is 10.6 Å². The Morgan fingerprint density at radius 3 is 1.29 bits per heavy atom. The fraction of sp³-hybridized carbons (Fsp3) is 0.617. The van der Waals surface area contributed by atoms with Crippen LogP contribution in [0.15, 0.2) is 30.3 Å². The van der Waals surface area contributed by atoms with Crippen molar-refractivity contribution in [2.24, 2.45) is 0 Å². The van der Waals surface area contributed by atoms with E-state index in [1.165, 1.54) is 0 Å². The third-order valence-corrected chi connectivity index (χ3v) is 10.7. The highest BCUT2D eigenvalue weighted by molar-refractivity contribution is 5.82. The molecule has 0 aromatic heterocycles. The molecular weight excluding hydrogens is 1010 g/mol. The van der Waals surface area contributed by atoms with Gasteiger partial charge in [-0.3, -0.25) is 47.9 Å². The molecule has 28 nitrogen and oxygen atoms in total. The molecule has 2 amide bonds. The van der Waals surface area contributed by atoms with E-state index in [9.17, 15) is 57.5 Å². The number of nitrogens with one attached hydrogen (secondary N) is 2. The fourth-order valence-corrected chi connectivity index (χ4v) is 8.04. The molecule has 75 heavy (non-hydrogen) atoms. The van der Waals surface area contributed by atoms with Crippen LogP contribution in [0.25, 0.3) is 0 Å². The van der Waals surface area contributed by atoms with Crippen LogP contribution >= 0.6 is 0 Å². The Balaban J connectivity index is 2.31. The molecule has 1 aromatic rings. The van der Waals surface area contributed by atoms with Crippen molar-refractivity contribution in [2.75, 3.05) is 34.0 Å². The zero-order chi connectivity index (χ0) is 56.4. The lowest BCUT2D eigenvalue weighted by molar-refractivity contribution is -0.318. The van der Waals surface area contributed by atoms with E-state index in [0.29, 0.717) is 5.56 Å². The molecule has 0 spiro atoms. The van der Waals surface area contributed by atoms with Crippen molar-refractivity contribution in [2.45, 2.75) is 154 Å². The third kappa shape index (κ3) is 18.5. The Kier molecular flexibility index (Phi) is 23.5. The van der Waals surface area contributed by atoms with E-state index in [1.54, 1.807) is 30.3 Å². The molecule has 2 heterocycles. The molecular formula is C47H62N2O26. The van der Waals surface area contributed by atoms with Gasteiger partial charge in [0.1, 0.15) is 44.2 Å². The SMILES string of the molecule is COC(=O)[C@@]1(OCC(=O)N[C@H]2[C@H]([C@H](OC(C)=O)[C@@H](COC(C)=O)OC(C)=O)O[C@@](OCc3ccccc3)(C(=O)OC)C[C@@H]2OC(C)=O)C[C@H](OC(C)=O)[C@@H](NC(C)=O)[C@H]([C@H](OC(C)=O)[C@@H](COC(C)=O)OC(C)=O)O1. The van der Waals surface area contributed by atoms with Gasteiger partial charge in [0.2, 0.25) is 11.8 Å². The van der Waals surface area contributed by atoms with Gasteiger partial charge >= 0.3 is 59.7 Å². The molecule has 2 saturated heterocycles. The smallest absolute Gasteiger partial charge is 0.366 e. The van der Waals surface area contributed by atoms with Gasteiger partial charge in [0.25, 0.3) is 11.6 Å². The molecule has 416 valence electrons. The van der Waals surface area contributed by atoms with Crippen LogP contribution in [0, 0.1) is 0 Å². The standard InChI is InChI=1S/C47H62N2O26/c1-23(50)48-38-33(68-26(4)53)17-47(45(61)63-11,74-42(38)40(72-30(8)57)35(70-28(6)55)20-64-24(2)51)67-22-37(59)49-39-34(69-27(5)54)18-46(44(60)62-10,66-19-32-15-13-12-14-16-32)75-43(39)41(73-31(9)58)36(71-29(7)56)21-65-25(3)52/h12-16,33-36,38-43H,17-22H2,1-11H3,(H,48,50)(H,49,59)/t33-,34-,35+,36+,38+,39+,40+,41+,42+,43+,46+,47+/m0/s1. The van der Waals surface area contributed by atoms with E-state index in [-0.39, 0.29) is 6.61 Å². The second-order valence-electron chi connectivity index (χ2n) is 16.8. The number of ether oxygens (including phenoxy) is 14. The topological polar surface area (TPSA) is 358 Å². The van der Waals surface area contributed by atoms with Crippen LogP contribution in [-0.4, -0.2) is 178 Å². The molecule has 12 atom stereocenters. The lowest BCUT2D eigenvalue weighted by Gasteiger charge is -2.49. The first kappa shape index (κ1) is 62.0. The largest absolute Gasteiger partial charge is 0.465 e. The van der Waals surface area contributed by atoms with Crippen LogP contribution in [-0.2, 0) is 130 Å². The zero-order valence-corrected chi connectivity index (χ0v) is 43.0. The molecule has 1 aromatic carbocycles. The summed E-state index contributed by atoms with van der Waals surface area (Å²) in [5, 5.41) is 4.99. The monoisotopic (exact) mass is 1070 g/mol. The van der Waals surface area contributed by atoms with E-state index in [1.807, 2.05) is 0 Å². The summed E-state index contributed by atoms with van der Waals surface area (Å²) in [4.78, 5) is 156. The zero-order valence-electron chi connectivity index (χ0n) is 43.0. The molecule has 3 rings (SSSR count). The number of hydrogen-bond acceptors (Lipinski definition) is 26. The van der Waals surface area contributed by atoms with Crippen molar-refractivity contribution >= 4 is 71.5 Å². The molecule has 0 unspecified atom stereocenters. The van der Waals surface area contributed by atoms with Gasteiger partial charge in [0.05, 0.1) is 45.8 Å². The molecule has 0 radical (unpaired) electrons. The Bertz CT molecular complexity index is 2260. The van der Waals surface area contributed by atoms with Crippen LogP contribution in [0.3, 0.4) is 0 Å². The van der Waals surface area contributed by atoms with Crippen LogP contribution in [0.1, 0.15) is 80.7 Å². The van der Waals surface area contributed by atoms with Crippen LogP contribution < -0.4 is 10.6 Å². The molecule has 2 aliphatic heterocycles. The van der Waals surface area contributed by atoms with Gasteiger partial charge in [-0.15, -0.1) is 0 Å². The molecule has 0 bridgehead atoms. The molecule has 2 N–H and O–H groups in total. The summed E-state index contributed by atoms with van der Waals surface area (Å²) in [6.45, 7) is 5.40. The second-order valence-corrected chi connectivity index (χ2v) is 16.8. The van der Waals surface area contributed by atoms with E-state index in [2.05, 4.69) is 10.6 Å². The summed E-state index contributed by atoms with van der Waals surface area (Å²) in [5.41, 5.74) is 0.484. The number of hydrogen-bond donors (Lipinski definition) is 2. The highest BCUT2D eigenvalue weighted by Crippen LogP contribution is 2.39. The summed E-state index contributed by atoms with van der Waals surface area (Å²) in [6.07, 6.45) is -16.7. The summed E-state index contributed by atoms with van der Waals surface area (Å²) >= 11 is 0. The van der Waals surface area contributed by atoms with E-state index < -0.39 is 177 Å². The quantitative estimate of drug-likeness (QED) is 0.0949. The van der Waals surface area contributed by atoms with Gasteiger partial charge < -0.3 is 76.9 Å². The Hall–Kier alpha value is -7.30. The number of rotatable bonds is 24. The van der Waals surface area contributed by atoms with Crippen molar-refractivity contribution in [3.63, 3.8) is 0 Å². The Morgan fingerprint density at radius 1 is 0.533 bits per heavy atom. The maximum atomic E-state index is 14.5. The molecule has 0 saturated carbocycles. The predicted octanol–water partition coefficient (Wildman–Crippen LogP) is -0.758. The minimum Gasteiger partial charge on any atom is -0.465 e. The van der Waals surface area contributed by atoms with Crippen molar-refractivity contribution < 1.29 is 124 Å². The minimum atomic E-state index is -2.92. The molecule has 2 aliphatic rings. The summed E-state index contributed by atoms with van der Waals surface area (Å²) in [5.74, 6) is -18.3. The highest BCUT2D eigenvalue weighted by atomic mass is 16.8. The van der Waals surface area contributed by atoms with Crippen molar-refractivity contribution in [1.29, 1.82) is 0 Å². The van der Waals surface area contributed by atoms with Crippen molar-refractivity contribution in [3.05, 3.63) is 35.9 Å². The van der Waals surface area contributed by atoms with Gasteiger partial charge in [0.15, 0.2) is 24.4 Å². The van der Waals surface area contributed by atoms with Crippen LogP contribution in [0.4, 0.5) is 0 Å². The number of benzene rings is 1. The molecule has 28 heteroatoms. The maximum Gasteiger partial charge on any atom is 0.366 e. The Morgan fingerprint density at radius 2 is 0.933 bits per heavy atom. The van der Waals surface area contributed by atoms with Crippen molar-refractivity contribution in [3.8, 4) is 0 Å². The van der Waals surface area contributed by atoms with E-state index >= 15 is 0 Å². The number of esters is 10. The van der Waals surface area contributed by atoms with Gasteiger partial charge in [-0.25, -0.2) is 9.59 Å². The van der Waals surface area contributed by atoms with E-state index in [4.69, 9.17) is 66.3 Å². The summed E-state index contributed by atoms with van der Waals surface area (Å²) in [7, 11) is 1.83. The first-order valence-corrected chi connectivity index (χ1v) is 22.9. The van der Waals surface area contributed by atoms with Gasteiger partial charge in [-0.2, -0.15) is 0 Å². The van der Waals surface area contributed by atoms with Crippen LogP contribution in [0.5, 0.6) is 0 Å². The van der Waals surface area contributed by atoms with Gasteiger partial charge in [-0.1, -0.05) is 30.3 Å². The number of methoxy groups -OCH3 is 2. The van der Waals surface area contributed by atoms with Gasteiger partial charge in [0, 0.05) is 62.3 Å². The minimum absolute atomic E-state index is 0.378. The molecule has 2 fully saturated rings. The molecule has 0 aliphatic carbocycles. The predicted molar refractivity (Wildman–Crippen MR) is 242 cm³/mol. The number of amides is 2. The highest BCUT2D eigenvalue weighted by Gasteiger charge is 2.61. The number of carbonyl (C=O) groups excluding carboxylic acids is 12. The Labute approximate surface area is 429 Å². The normalized spacial score (nSPS) is 24.6. The lowest BCUT2D eigenvalue weighted by Crippen LogP contribution is -2.70. The number of carbonyl (C=O) groups is 12. The van der Waals surface area contributed by atoms with Gasteiger partial charge in [-0.05, 0) is 5.56 Å². The fourth-order valence-electron chi connectivity index (χ4n) is 8.04. The summed E-state index contributed by atoms with van der Waals surface area (Å²) in [6, 6.07) is 4.83. The summed E-state index contributed by atoms with van der Waals surface area (Å²) < 4.78 is 78.3. The first-order chi connectivity index (χ1) is 35.2. The average Bonchev–Trinajstić information content (AvgIpc) is 3.31. The van der Waals surface area contributed by atoms with Crippen LogP contribution in [0.2, 0.25) is 0 Å².